The van der Waals surface area contributed by atoms with Crippen molar-refractivity contribution in [3.8, 4) is 11.5 Å². The lowest BCUT2D eigenvalue weighted by Crippen LogP contribution is -2.29. The van der Waals surface area contributed by atoms with E-state index in [2.05, 4.69) is 35.8 Å². The maximum atomic E-state index is 12.0. The van der Waals surface area contributed by atoms with Crippen LogP contribution >= 0.6 is 0 Å². The van der Waals surface area contributed by atoms with Gasteiger partial charge < -0.3 is 25.8 Å². The van der Waals surface area contributed by atoms with Crippen LogP contribution in [0.25, 0.3) is 0 Å². The highest BCUT2D eigenvalue weighted by atomic mass is 16.7. The fourth-order valence-electron chi connectivity index (χ4n) is 4.37. The van der Waals surface area contributed by atoms with Gasteiger partial charge in [-0.15, -0.1) is 0 Å². The first kappa shape index (κ1) is 19.7. The summed E-state index contributed by atoms with van der Waals surface area (Å²) >= 11 is 0. The van der Waals surface area contributed by atoms with Gasteiger partial charge >= 0.3 is 0 Å². The molecule has 1 aliphatic carbocycles. The standard InChI is InChI=1S/C23H29N3O3/c1-15(20-3-2-4-21-22(20)29-14-28-21)26-19-10-9-18(13-19)16-5-7-17(8-6-16)23(27)25-12-11-24/h2-8,15,18-19,26H,9-14,24H2,1H3,(H,25,27)/t15-,18-,19+/m1/s1. The number of carbonyl (C=O) groups is 1. The average Bonchev–Trinajstić information content (AvgIpc) is 3.41. The van der Waals surface area contributed by atoms with Crippen LogP contribution in [-0.2, 0) is 0 Å². The lowest BCUT2D eigenvalue weighted by Gasteiger charge is -2.21. The molecule has 2 aromatic rings. The molecular weight excluding hydrogens is 366 g/mol. The molecule has 0 aromatic heterocycles. The number of carbonyl (C=O) groups excluding carboxylic acids is 1. The topological polar surface area (TPSA) is 85.6 Å². The summed E-state index contributed by atoms with van der Waals surface area (Å²) in [6.07, 6.45) is 3.38. The van der Waals surface area contributed by atoms with Crippen LogP contribution in [0.2, 0.25) is 0 Å². The number of hydrogen-bond acceptors (Lipinski definition) is 5. The van der Waals surface area contributed by atoms with Gasteiger partial charge in [0.15, 0.2) is 11.5 Å². The summed E-state index contributed by atoms with van der Waals surface area (Å²) in [6.45, 7) is 3.42. The SMILES string of the molecule is C[C@@H](N[C@H]1CC[C@@H](c2ccc(C(=O)NCCN)cc2)C1)c1cccc2c1OCO2. The molecule has 0 radical (unpaired) electrons. The van der Waals surface area contributed by atoms with E-state index in [0.717, 1.165) is 36.3 Å². The molecule has 0 saturated heterocycles. The predicted octanol–water partition coefficient (Wildman–Crippen LogP) is 3.09. The molecule has 0 unspecified atom stereocenters. The highest BCUT2D eigenvalue weighted by Crippen LogP contribution is 2.40. The van der Waals surface area contributed by atoms with Crippen molar-refractivity contribution < 1.29 is 14.3 Å². The number of nitrogens with one attached hydrogen (secondary N) is 2. The van der Waals surface area contributed by atoms with Crippen LogP contribution in [0.15, 0.2) is 42.5 Å². The zero-order valence-corrected chi connectivity index (χ0v) is 16.8. The predicted molar refractivity (Wildman–Crippen MR) is 112 cm³/mol. The van der Waals surface area contributed by atoms with Gasteiger partial charge in [-0.1, -0.05) is 24.3 Å². The molecule has 0 bridgehead atoms. The second-order valence-corrected chi connectivity index (χ2v) is 7.84. The van der Waals surface area contributed by atoms with Gasteiger partial charge in [-0.05, 0) is 55.9 Å². The minimum atomic E-state index is -0.0663. The Morgan fingerprint density at radius 3 is 2.79 bits per heavy atom. The van der Waals surface area contributed by atoms with Crippen LogP contribution in [0.1, 0.15) is 59.6 Å². The second kappa shape index (κ2) is 8.84. The maximum Gasteiger partial charge on any atom is 0.251 e. The Balaban J connectivity index is 1.35. The molecule has 6 nitrogen and oxygen atoms in total. The Morgan fingerprint density at radius 2 is 2.00 bits per heavy atom. The van der Waals surface area contributed by atoms with E-state index in [1.807, 2.05) is 24.3 Å². The van der Waals surface area contributed by atoms with E-state index in [9.17, 15) is 4.79 Å². The lowest BCUT2D eigenvalue weighted by atomic mass is 9.96. The van der Waals surface area contributed by atoms with Crippen LogP contribution in [0.5, 0.6) is 11.5 Å². The van der Waals surface area contributed by atoms with Crippen molar-refractivity contribution in [3.05, 3.63) is 59.2 Å². The Hall–Kier alpha value is -2.57. The quantitative estimate of drug-likeness (QED) is 0.671. The number of hydrogen-bond donors (Lipinski definition) is 3. The molecule has 3 atom stereocenters. The van der Waals surface area contributed by atoms with Crippen molar-refractivity contribution >= 4 is 5.91 Å². The maximum absolute atomic E-state index is 12.0. The molecule has 29 heavy (non-hydrogen) atoms. The van der Waals surface area contributed by atoms with Crippen molar-refractivity contribution in [1.29, 1.82) is 0 Å². The van der Waals surface area contributed by atoms with Gasteiger partial charge in [0.25, 0.3) is 5.91 Å². The zero-order chi connectivity index (χ0) is 20.2. The third-order valence-electron chi connectivity index (χ3n) is 5.89. The number of para-hydroxylation sites is 1. The Kier molecular flexibility index (Phi) is 6.02. The summed E-state index contributed by atoms with van der Waals surface area (Å²) < 4.78 is 11.2. The molecule has 154 valence electrons. The van der Waals surface area contributed by atoms with Crippen molar-refractivity contribution in [3.63, 3.8) is 0 Å². The smallest absolute Gasteiger partial charge is 0.251 e. The third-order valence-corrected chi connectivity index (χ3v) is 5.89. The molecule has 1 aliphatic heterocycles. The Labute approximate surface area is 171 Å². The van der Waals surface area contributed by atoms with E-state index >= 15 is 0 Å². The fourth-order valence-corrected chi connectivity index (χ4v) is 4.37. The summed E-state index contributed by atoms with van der Waals surface area (Å²) in [6, 6.07) is 14.7. The number of amides is 1. The first-order valence-electron chi connectivity index (χ1n) is 10.4. The molecule has 6 heteroatoms. The van der Waals surface area contributed by atoms with Gasteiger partial charge in [-0.3, -0.25) is 4.79 Å². The highest BCUT2D eigenvalue weighted by molar-refractivity contribution is 5.94. The van der Waals surface area contributed by atoms with Crippen LogP contribution < -0.4 is 25.8 Å². The Morgan fingerprint density at radius 1 is 1.17 bits per heavy atom. The zero-order valence-electron chi connectivity index (χ0n) is 16.8. The molecule has 4 N–H and O–H groups in total. The second-order valence-electron chi connectivity index (χ2n) is 7.84. The molecule has 1 saturated carbocycles. The summed E-state index contributed by atoms with van der Waals surface area (Å²) in [5, 5.41) is 6.57. The summed E-state index contributed by atoms with van der Waals surface area (Å²) in [4.78, 5) is 12.0. The summed E-state index contributed by atoms with van der Waals surface area (Å²) in [5.41, 5.74) is 8.57. The fraction of sp³-hybridized carbons (Fsp3) is 0.435. The van der Waals surface area contributed by atoms with E-state index in [0.29, 0.717) is 37.4 Å². The van der Waals surface area contributed by atoms with Crippen molar-refractivity contribution in [2.24, 2.45) is 5.73 Å². The van der Waals surface area contributed by atoms with E-state index in [1.165, 1.54) is 5.56 Å². The number of benzene rings is 2. The van der Waals surface area contributed by atoms with Gasteiger partial charge in [0.1, 0.15) is 0 Å². The van der Waals surface area contributed by atoms with Gasteiger partial charge in [-0.25, -0.2) is 0 Å². The number of ether oxygens (including phenoxy) is 2. The van der Waals surface area contributed by atoms with Crippen LogP contribution in [0.3, 0.4) is 0 Å². The number of fused-ring (bicyclic) bond motifs is 1. The molecule has 1 heterocycles. The molecular formula is C23H29N3O3. The third kappa shape index (κ3) is 4.38. The first-order valence-corrected chi connectivity index (χ1v) is 10.4. The monoisotopic (exact) mass is 395 g/mol. The molecule has 4 rings (SSSR count). The largest absolute Gasteiger partial charge is 0.454 e. The van der Waals surface area contributed by atoms with Crippen LogP contribution in [0.4, 0.5) is 0 Å². The molecule has 0 spiro atoms. The average molecular weight is 396 g/mol. The summed E-state index contributed by atoms with van der Waals surface area (Å²) in [7, 11) is 0. The van der Waals surface area contributed by atoms with Gasteiger partial charge in [-0.2, -0.15) is 0 Å². The minimum absolute atomic E-state index is 0.0663. The van der Waals surface area contributed by atoms with Gasteiger partial charge in [0.2, 0.25) is 6.79 Å². The van der Waals surface area contributed by atoms with Gasteiger partial charge in [0, 0.05) is 36.3 Å². The lowest BCUT2D eigenvalue weighted by molar-refractivity contribution is 0.0954. The molecule has 1 fully saturated rings. The van der Waals surface area contributed by atoms with Crippen molar-refractivity contribution in [2.45, 2.75) is 44.2 Å². The van der Waals surface area contributed by atoms with Crippen LogP contribution in [0, 0.1) is 0 Å². The molecule has 2 aromatic carbocycles. The molecule has 2 aliphatic rings. The Bertz CT molecular complexity index is 853. The van der Waals surface area contributed by atoms with E-state index in [4.69, 9.17) is 15.2 Å². The minimum Gasteiger partial charge on any atom is -0.454 e. The van der Waals surface area contributed by atoms with E-state index in [-0.39, 0.29) is 11.9 Å². The number of rotatable bonds is 7. The van der Waals surface area contributed by atoms with Crippen molar-refractivity contribution in [1.82, 2.24) is 10.6 Å². The molecule has 1 amide bonds. The van der Waals surface area contributed by atoms with Crippen LogP contribution in [-0.4, -0.2) is 31.8 Å². The van der Waals surface area contributed by atoms with Crippen molar-refractivity contribution in [2.75, 3.05) is 19.9 Å². The highest BCUT2D eigenvalue weighted by Gasteiger charge is 2.28. The van der Waals surface area contributed by atoms with E-state index in [1.54, 1.807) is 0 Å². The van der Waals surface area contributed by atoms with E-state index < -0.39 is 0 Å². The summed E-state index contributed by atoms with van der Waals surface area (Å²) in [5.74, 6) is 2.15. The first-order chi connectivity index (χ1) is 14.2. The van der Waals surface area contributed by atoms with Gasteiger partial charge in [0.05, 0.1) is 0 Å². The number of nitrogens with two attached hydrogens (primary N) is 1. The normalized spacial score (nSPS) is 21.2.